The molecule has 1 aromatic rings. The molecule has 4 heteroatoms. The highest BCUT2D eigenvalue weighted by atomic mass is 35.5. The third kappa shape index (κ3) is 2.54. The van der Waals surface area contributed by atoms with E-state index in [9.17, 15) is 4.39 Å². The van der Waals surface area contributed by atoms with E-state index in [1.54, 1.807) is 0 Å². The van der Waals surface area contributed by atoms with Crippen LogP contribution < -0.4 is 5.73 Å². The van der Waals surface area contributed by atoms with Crippen molar-refractivity contribution in [2.45, 2.75) is 31.4 Å². The van der Waals surface area contributed by atoms with Crippen molar-refractivity contribution < 1.29 is 9.13 Å². The number of nitrogens with two attached hydrogens (primary N) is 1. The highest BCUT2D eigenvalue weighted by molar-refractivity contribution is 6.31. The van der Waals surface area contributed by atoms with Gasteiger partial charge in [0.05, 0.1) is 12.1 Å². The van der Waals surface area contributed by atoms with Gasteiger partial charge >= 0.3 is 0 Å². The Hall–Kier alpha value is -0.640. The number of ether oxygens (including phenoxy) is 1. The second kappa shape index (κ2) is 5.13. The average molecular weight is 244 g/mol. The van der Waals surface area contributed by atoms with Gasteiger partial charge in [0, 0.05) is 11.6 Å². The van der Waals surface area contributed by atoms with Gasteiger partial charge in [0.25, 0.3) is 0 Å². The molecule has 1 aromatic carbocycles. The maximum atomic E-state index is 13.1. The molecule has 1 aliphatic rings. The molecule has 0 amide bonds. The summed E-state index contributed by atoms with van der Waals surface area (Å²) in [7, 11) is 0. The summed E-state index contributed by atoms with van der Waals surface area (Å²) in [5.74, 6) is -0.314. The Morgan fingerprint density at radius 3 is 2.94 bits per heavy atom. The Bertz CT molecular complexity index is 366. The van der Waals surface area contributed by atoms with Crippen molar-refractivity contribution in [2.24, 2.45) is 5.73 Å². The molecule has 0 aromatic heterocycles. The third-order valence-corrected chi connectivity index (χ3v) is 3.28. The monoisotopic (exact) mass is 243 g/mol. The zero-order valence-electron chi connectivity index (χ0n) is 8.96. The highest BCUT2D eigenvalue weighted by Gasteiger charge is 2.24. The second-order valence-corrected chi connectivity index (χ2v) is 4.50. The van der Waals surface area contributed by atoms with Gasteiger partial charge in [-0.1, -0.05) is 11.6 Å². The lowest BCUT2D eigenvalue weighted by molar-refractivity contribution is -0.0000139. The minimum Gasteiger partial charge on any atom is -0.376 e. The number of halogens is 2. The van der Waals surface area contributed by atoms with Gasteiger partial charge in [0.2, 0.25) is 0 Å². The maximum Gasteiger partial charge on any atom is 0.123 e. The normalized spacial score (nSPS) is 23.1. The molecule has 0 spiro atoms. The molecule has 2 atom stereocenters. The van der Waals surface area contributed by atoms with Crippen LogP contribution in [0.3, 0.4) is 0 Å². The zero-order valence-corrected chi connectivity index (χ0v) is 9.71. The van der Waals surface area contributed by atoms with E-state index >= 15 is 0 Å². The van der Waals surface area contributed by atoms with Gasteiger partial charge in [0.1, 0.15) is 5.82 Å². The van der Waals surface area contributed by atoms with Crippen molar-refractivity contribution in [2.75, 3.05) is 6.61 Å². The van der Waals surface area contributed by atoms with Crippen LogP contribution in [0.25, 0.3) is 0 Å². The summed E-state index contributed by atoms with van der Waals surface area (Å²) >= 11 is 6.01. The van der Waals surface area contributed by atoms with Crippen LogP contribution in [0.4, 0.5) is 4.39 Å². The smallest absolute Gasteiger partial charge is 0.123 e. The zero-order chi connectivity index (χ0) is 11.5. The van der Waals surface area contributed by atoms with Crippen molar-refractivity contribution >= 4 is 11.6 Å². The van der Waals surface area contributed by atoms with E-state index in [0.29, 0.717) is 10.6 Å². The van der Waals surface area contributed by atoms with Crippen LogP contribution in [-0.2, 0) is 4.74 Å². The molecule has 1 saturated heterocycles. The first-order valence-electron chi connectivity index (χ1n) is 5.50. The quantitative estimate of drug-likeness (QED) is 0.867. The molecule has 2 nitrogen and oxygen atoms in total. The van der Waals surface area contributed by atoms with E-state index in [1.807, 2.05) is 0 Å². The van der Waals surface area contributed by atoms with Crippen LogP contribution in [0.15, 0.2) is 18.2 Å². The van der Waals surface area contributed by atoms with Crippen molar-refractivity contribution in [1.82, 2.24) is 0 Å². The predicted molar refractivity (Wildman–Crippen MR) is 61.9 cm³/mol. The predicted octanol–water partition coefficient (Wildman–Crippen LogP) is 3.05. The van der Waals surface area contributed by atoms with Crippen molar-refractivity contribution in [3.63, 3.8) is 0 Å². The molecule has 1 fully saturated rings. The van der Waals surface area contributed by atoms with Gasteiger partial charge in [-0.25, -0.2) is 4.39 Å². The number of rotatable bonds is 2. The van der Waals surface area contributed by atoms with Crippen LogP contribution in [0.1, 0.15) is 30.9 Å². The van der Waals surface area contributed by atoms with Gasteiger partial charge in [-0.05, 0) is 43.0 Å². The van der Waals surface area contributed by atoms with E-state index in [-0.39, 0.29) is 18.0 Å². The molecule has 0 saturated carbocycles. The molecule has 1 aliphatic heterocycles. The first-order valence-corrected chi connectivity index (χ1v) is 5.88. The van der Waals surface area contributed by atoms with E-state index in [0.717, 1.165) is 25.9 Å². The van der Waals surface area contributed by atoms with Gasteiger partial charge < -0.3 is 10.5 Å². The van der Waals surface area contributed by atoms with Crippen molar-refractivity contribution in [3.05, 3.63) is 34.6 Å². The van der Waals surface area contributed by atoms with Gasteiger partial charge in [-0.15, -0.1) is 0 Å². The fraction of sp³-hybridized carbons (Fsp3) is 0.500. The summed E-state index contributed by atoms with van der Waals surface area (Å²) in [6.07, 6.45) is 3.03. The molecular formula is C12H15ClFNO. The molecule has 0 radical (unpaired) electrons. The first-order chi connectivity index (χ1) is 7.68. The summed E-state index contributed by atoms with van der Waals surface area (Å²) in [5, 5.41) is 0.503. The molecule has 2 rings (SSSR count). The number of hydrogen-bond donors (Lipinski definition) is 1. The first kappa shape index (κ1) is 11.8. The SMILES string of the molecule is NC(c1cc(F)ccc1Cl)C1CCCCO1. The lowest BCUT2D eigenvalue weighted by atomic mass is 9.96. The number of benzene rings is 1. The van der Waals surface area contributed by atoms with E-state index < -0.39 is 0 Å². The van der Waals surface area contributed by atoms with E-state index in [4.69, 9.17) is 22.1 Å². The standard InChI is InChI=1S/C12H15ClFNO/c13-10-5-4-8(14)7-9(10)12(15)11-3-1-2-6-16-11/h4-5,7,11-12H,1-3,6,15H2. The molecule has 0 bridgehead atoms. The van der Waals surface area contributed by atoms with Crippen LogP contribution in [0.5, 0.6) is 0 Å². The topological polar surface area (TPSA) is 35.2 Å². The van der Waals surface area contributed by atoms with E-state index in [2.05, 4.69) is 0 Å². The number of hydrogen-bond acceptors (Lipinski definition) is 2. The Balaban J connectivity index is 2.18. The summed E-state index contributed by atoms with van der Waals surface area (Å²) in [6.45, 7) is 0.727. The fourth-order valence-corrected chi connectivity index (χ4v) is 2.26. The fourth-order valence-electron chi connectivity index (χ4n) is 2.02. The summed E-state index contributed by atoms with van der Waals surface area (Å²) in [6, 6.07) is 3.92. The van der Waals surface area contributed by atoms with Gasteiger partial charge in [0.15, 0.2) is 0 Å². The largest absolute Gasteiger partial charge is 0.376 e. The Morgan fingerprint density at radius 2 is 2.25 bits per heavy atom. The van der Waals surface area contributed by atoms with Crippen LogP contribution in [-0.4, -0.2) is 12.7 Å². The third-order valence-electron chi connectivity index (χ3n) is 2.93. The Kier molecular flexibility index (Phi) is 3.79. The van der Waals surface area contributed by atoms with E-state index in [1.165, 1.54) is 18.2 Å². The lowest BCUT2D eigenvalue weighted by Crippen LogP contribution is -2.32. The average Bonchev–Trinajstić information content (AvgIpc) is 2.32. The molecule has 0 aliphatic carbocycles. The Labute approximate surface area is 99.5 Å². The summed E-state index contributed by atoms with van der Waals surface area (Å²) in [5.41, 5.74) is 6.70. The van der Waals surface area contributed by atoms with Gasteiger partial charge in [-0.3, -0.25) is 0 Å². The molecular weight excluding hydrogens is 229 g/mol. The summed E-state index contributed by atoms with van der Waals surface area (Å²) < 4.78 is 18.7. The van der Waals surface area contributed by atoms with Crippen molar-refractivity contribution in [3.8, 4) is 0 Å². The molecule has 1 heterocycles. The van der Waals surface area contributed by atoms with Gasteiger partial charge in [-0.2, -0.15) is 0 Å². The highest BCUT2D eigenvalue weighted by Crippen LogP contribution is 2.29. The van der Waals surface area contributed by atoms with Crippen LogP contribution >= 0.6 is 11.6 Å². The van der Waals surface area contributed by atoms with Crippen molar-refractivity contribution in [1.29, 1.82) is 0 Å². The minimum atomic E-state index is -0.344. The second-order valence-electron chi connectivity index (χ2n) is 4.10. The van der Waals surface area contributed by atoms with Crippen LogP contribution in [0.2, 0.25) is 5.02 Å². The summed E-state index contributed by atoms with van der Waals surface area (Å²) in [4.78, 5) is 0. The van der Waals surface area contributed by atoms with Crippen LogP contribution in [0, 0.1) is 5.82 Å². The molecule has 2 unspecified atom stereocenters. The molecule has 88 valence electrons. The molecule has 16 heavy (non-hydrogen) atoms. The lowest BCUT2D eigenvalue weighted by Gasteiger charge is -2.28. The molecule has 2 N–H and O–H groups in total. The Morgan fingerprint density at radius 1 is 1.44 bits per heavy atom. The minimum absolute atomic E-state index is 0.0481. The maximum absolute atomic E-state index is 13.1.